The van der Waals surface area contributed by atoms with Crippen LogP contribution in [-0.4, -0.2) is 18.7 Å². The minimum Gasteiger partial charge on any atom is -0.383 e. The third-order valence-corrected chi connectivity index (χ3v) is 3.39. The van der Waals surface area contributed by atoms with Gasteiger partial charge in [0, 0.05) is 18.4 Å². The molecule has 0 spiro atoms. The van der Waals surface area contributed by atoms with Crippen LogP contribution in [0.2, 0.25) is 0 Å². The predicted octanol–water partition coefficient (Wildman–Crippen LogP) is 2.30. The maximum Gasteiger partial charge on any atom is 0.0957 e. The molecule has 0 saturated carbocycles. The Morgan fingerprint density at radius 1 is 1.64 bits per heavy atom. The normalized spacial score (nSPS) is 15.4. The number of rotatable bonds is 5. The van der Waals surface area contributed by atoms with Crippen LogP contribution in [0, 0.1) is 0 Å². The van der Waals surface area contributed by atoms with Crippen LogP contribution in [-0.2, 0) is 4.74 Å². The number of hydrogen-bond donors (Lipinski definition) is 1. The van der Waals surface area contributed by atoms with Gasteiger partial charge in [0.05, 0.1) is 23.4 Å². The van der Waals surface area contributed by atoms with Crippen LogP contribution in [0.5, 0.6) is 0 Å². The van der Waals surface area contributed by atoms with Crippen molar-refractivity contribution in [3.8, 4) is 0 Å². The molecule has 0 radical (unpaired) electrons. The Balaban J connectivity index is 2.67. The largest absolute Gasteiger partial charge is 0.383 e. The first kappa shape index (κ1) is 11.6. The van der Waals surface area contributed by atoms with E-state index in [0.717, 1.165) is 12.1 Å². The van der Waals surface area contributed by atoms with Crippen LogP contribution >= 0.6 is 11.3 Å². The van der Waals surface area contributed by atoms with Gasteiger partial charge in [0.15, 0.2) is 0 Å². The van der Waals surface area contributed by atoms with Gasteiger partial charge in [-0.15, -0.1) is 11.3 Å². The summed E-state index contributed by atoms with van der Waals surface area (Å²) in [7, 11) is 1.65. The molecule has 1 heterocycles. The molecule has 2 atom stereocenters. The highest BCUT2D eigenvalue weighted by Crippen LogP contribution is 2.24. The van der Waals surface area contributed by atoms with Crippen LogP contribution in [0.1, 0.15) is 42.9 Å². The van der Waals surface area contributed by atoms with Crippen molar-refractivity contribution in [2.45, 2.75) is 32.2 Å². The topological polar surface area (TPSA) is 48.1 Å². The summed E-state index contributed by atoms with van der Waals surface area (Å²) in [5, 5.41) is 3.21. The Hall–Kier alpha value is -0.450. The molecular weight excluding hydrogens is 196 g/mol. The first-order chi connectivity index (χ1) is 6.69. The molecule has 1 aromatic rings. The van der Waals surface area contributed by atoms with Crippen molar-refractivity contribution in [2.75, 3.05) is 13.7 Å². The number of aromatic nitrogens is 1. The summed E-state index contributed by atoms with van der Waals surface area (Å²) in [5.41, 5.74) is 6.83. The number of nitrogens with two attached hydrogens (primary N) is 1. The van der Waals surface area contributed by atoms with E-state index in [9.17, 15) is 0 Å². The molecule has 0 saturated heterocycles. The molecule has 1 aromatic heterocycles. The summed E-state index contributed by atoms with van der Waals surface area (Å²) < 4.78 is 4.99. The summed E-state index contributed by atoms with van der Waals surface area (Å²) in [6, 6.07) is -0.0888. The number of ether oxygens (including phenoxy) is 1. The maximum atomic E-state index is 5.88. The molecule has 80 valence electrons. The zero-order valence-corrected chi connectivity index (χ0v) is 9.80. The Morgan fingerprint density at radius 3 is 2.93 bits per heavy atom. The SMILES string of the molecule is CCC(C)c1nc(C(N)COC)cs1. The van der Waals surface area contributed by atoms with E-state index in [2.05, 4.69) is 18.8 Å². The first-order valence-corrected chi connectivity index (χ1v) is 5.76. The van der Waals surface area contributed by atoms with Crippen molar-refractivity contribution in [2.24, 2.45) is 5.73 Å². The predicted molar refractivity (Wildman–Crippen MR) is 59.6 cm³/mol. The second-order valence-electron chi connectivity index (χ2n) is 3.48. The summed E-state index contributed by atoms with van der Waals surface area (Å²) in [6.07, 6.45) is 1.12. The highest BCUT2D eigenvalue weighted by molar-refractivity contribution is 7.09. The van der Waals surface area contributed by atoms with Gasteiger partial charge < -0.3 is 10.5 Å². The van der Waals surface area contributed by atoms with E-state index in [0.29, 0.717) is 12.5 Å². The Bertz CT molecular complexity index is 275. The number of thiazole rings is 1. The first-order valence-electron chi connectivity index (χ1n) is 4.88. The Labute approximate surface area is 89.3 Å². The van der Waals surface area contributed by atoms with Crippen LogP contribution in [0.25, 0.3) is 0 Å². The summed E-state index contributed by atoms with van der Waals surface area (Å²) in [4.78, 5) is 4.51. The van der Waals surface area contributed by atoms with E-state index in [1.165, 1.54) is 5.01 Å². The molecule has 0 bridgehead atoms. The van der Waals surface area contributed by atoms with Gasteiger partial charge in [-0.25, -0.2) is 4.98 Å². The molecule has 0 aromatic carbocycles. The fourth-order valence-corrected chi connectivity index (χ4v) is 2.16. The molecule has 0 aliphatic carbocycles. The lowest BCUT2D eigenvalue weighted by Gasteiger charge is -2.07. The highest BCUT2D eigenvalue weighted by Gasteiger charge is 2.13. The van der Waals surface area contributed by atoms with Crippen molar-refractivity contribution in [1.82, 2.24) is 4.98 Å². The van der Waals surface area contributed by atoms with E-state index in [-0.39, 0.29) is 6.04 Å². The van der Waals surface area contributed by atoms with E-state index < -0.39 is 0 Å². The zero-order chi connectivity index (χ0) is 10.6. The lowest BCUT2D eigenvalue weighted by Crippen LogP contribution is -2.16. The standard InChI is InChI=1S/C10H18N2OS/c1-4-7(2)10-12-9(6-14-10)8(11)5-13-3/h6-8H,4-5,11H2,1-3H3. The molecule has 2 unspecified atom stereocenters. The minimum atomic E-state index is -0.0888. The Kier molecular flexibility index (Phi) is 4.51. The van der Waals surface area contributed by atoms with Crippen LogP contribution in [0.15, 0.2) is 5.38 Å². The van der Waals surface area contributed by atoms with Crippen molar-refractivity contribution >= 4 is 11.3 Å². The van der Waals surface area contributed by atoms with Crippen LogP contribution < -0.4 is 5.73 Å². The summed E-state index contributed by atoms with van der Waals surface area (Å²) in [5.74, 6) is 0.531. The van der Waals surface area contributed by atoms with Gasteiger partial charge in [0.1, 0.15) is 0 Å². The number of nitrogens with zero attached hydrogens (tertiary/aromatic N) is 1. The number of methoxy groups -OCH3 is 1. The molecule has 2 N–H and O–H groups in total. The number of hydrogen-bond acceptors (Lipinski definition) is 4. The smallest absolute Gasteiger partial charge is 0.0957 e. The quantitative estimate of drug-likeness (QED) is 0.818. The average Bonchev–Trinajstić information content (AvgIpc) is 2.66. The van der Waals surface area contributed by atoms with Crippen molar-refractivity contribution in [3.63, 3.8) is 0 Å². The van der Waals surface area contributed by atoms with Gasteiger partial charge in [0.25, 0.3) is 0 Å². The Morgan fingerprint density at radius 2 is 2.36 bits per heavy atom. The van der Waals surface area contributed by atoms with Crippen LogP contribution in [0.4, 0.5) is 0 Å². The summed E-state index contributed by atoms with van der Waals surface area (Å²) in [6.45, 7) is 4.88. The van der Waals surface area contributed by atoms with Crippen molar-refractivity contribution in [3.05, 3.63) is 16.1 Å². The van der Waals surface area contributed by atoms with E-state index in [1.807, 2.05) is 5.38 Å². The lowest BCUT2D eigenvalue weighted by molar-refractivity contribution is 0.180. The van der Waals surface area contributed by atoms with Gasteiger partial charge in [0.2, 0.25) is 0 Å². The molecule has 14 heavy (non-hydrogen) atoms. The fraction of sp³-hybridized carbons (Fsp3) is 0.700. The monoisotopic (exact) mass is 214 g/mol. The van der Waals surface area contributed by atoms with E-state index in [4.69, 9.17) is 10.5 Å². The lowest BCUT2D eigenvalue weighted by atomic mass is 10.1. The fourth-order valence-electron chi connectivity index (χ4n) is 1.14. The second-order valence-corrected chi connectivity index (χ2v) is 4.37. The zero-order valence-electron chi connectivity index (χ0n) is 8.99. The third kappa shape index (κ3) is 2.77. The molecule has 3 nitrogen and oxygen atoms in total. The van der Waals surface area contributed by atoms with Gasteiger partial charge in [-0.05, 0) is 6.42 Å². The molecule has 0 amide bonds. The summed E-state index contributed by atoms with van der Waals surface area (Å²) >= 11 is 1.69. The van der Waals surface area contributed by atoms with E-state index in [1.54, 1.807) is 18.4 Å². The molecular formula is C10H18N2OS. The molecule has 0 fully saturated rings. The second kappa shape index (κ2) is 5.44. The highest BCUT2D eigenvalue weighted by atomic mass is 32.1. The van der Waals surface area contributed by atoms with Crippen molar-refractivity contribution in [1.29, 1.82) is 0 Å². The van der Waals surface area contributed by atoms with Gasteiger partial charge in [-0.1, -0.05) is 13.8 Å². The molecule has 4 heteroatoms. The van der Waals surface area contributed by atoms with Gasteiger partial charge in [-0.2, -0.15) is 0 Å². The van der Waals surface area contributed by atoms with Gasteiger partial charge >= 0.3 is 0 Å². The van der Waals surface area contributed by atoms with E-state index >= 15 is 0 Å². The third-order valence-electron chi connectivity index (χ3n) is 2.30. The molecule has 0 aliphatic rings. The van der Waals surface area contributed by atoms with Gasteiger partial charge in [-0.3, -0.25) is 0 Å². The molecule has 1 rings (SSSR count). The minimum absolute atomic E-state index is 0.0888. The van der Waals surface area contributed by atoms with Crippen LogP contribution in [0.3, 0.4) is 0 Å². The molecule has 0 aliphatic heterocycles. The average molecular weight is 214 g/mol. The maximum absolute atomic E-state index is 5.88. The van der Waals surface area contributed by atoms with Crippen molar-refractivity contribution < 1.29 is 4.74 Å².